The molecule has 84 valence electrons. The average Bonchev–Trinajstić information content (AvgIpc) is 2.64. The summed E-state index contributed by atoms with van der Waals surface area (Å²) in [6, 6.07) is 0.233. The fraction of sp³-hybridized carbons (Fsp3) is 1.00. The predicted molar refractivity (Wildman–Crippen MR) is 57.3 cm³/mol. The van der Waals surface area contributed by atoms with Crippen molar-refractivity contribution in [3.63, 3.8) is 0 Å². The summed E-state index contributed by atoms with van der Waals surface area (Å²) >= 11 is 0. The zero-order valence-electron chi connectivity index (χ0n) is 9.33. The van der Waals surface area contributed by atoms with Gasteiger partial charge in [-0.3, -0.25) is 0 Å². The Balaban J connectivity index is 2.06. The summed E-state index contributed by atoms with van der Waals surface area (Å²) < 4.78 is 5.53. The lowest BCUT2D eigenvalue weighted by Crippen LogP contribution is -2.38. The Labute approximate surface area is 86.8 Å². The van der Waals surface area contributed by atoms with Crippen LogP contribution in [0.4, 0.5) is 0 Å². The molecule has 0 aliphatic carbocycles. The van der Waals surface area contributed by atoms with Crippen molar-refractivity contribution in [1.29, 1.82) is 0 Å². The number of aliphatic hydroxyl groups is 1. The largest absolute Gasteiger partial charge is 0.395 e. The van der Waals surface area contributed by atoms with Crippen molar-refractivity contribution in [2.75, 3.05) is 19.8 Å². The third-order valence-corrected chi connectivity index (χ3v) is 2.90. The van der Waals surface area contributed by atoms with Gasteiger partial charge < -0.3 is 15.2 Å². The summed E-state index contributed by atoms with van der Waals surface area (Å²) in [7, 11) is 0. The van der Waals surface area contributed by atoms with E-state index in [0.29, 0.717) is 12.0 Å². The second kappa shape index (κ2) is 6.38. The molecule has 0 radical (unpaired) electrons. The molecule has 3 heteroatoms. The highest BCUT2D eigenvalue weighted by molar-refractivity contribution is 4.71. The minimum Gasteiger partial charge on any atom is -0.395 e. The lowest BCUT2D eigenvalue weighted by atomic mass is 10.1. The Kier molecular flexibility index (Phi) is 5.45. The molecule has 1 fully saturated rings. The predicted octanol–water partition coefficient (Wildman–Crippen LogP) is 1.16. The molecule has 1 heterocycles. The monoisotopic (exact) mass is 201 g/mol. The highest BCUT2D eigenvalue weighted by atomic mass is 16.5. The van der Waals surface area contributed by atoms with Crippen LogP contribution in [0.3, 0.4) is 0 Å². The van der Waals surface area contributed by atoms with Crippen molar-refractivity contribution < 1.29 is 9.84 Å². The fourth-order valence-electron chi connectivity index (χ4n) is 1.81. The molecule has 0 aromatic carbocycles. The molecule has 0 aromatic rings. The maximum absolute atomic E-state index is 9.09. The van der Waals surface area contributed by atoms with E-state index < -0.39 is 0 Å². The van der Waals surface area contributed by atoms with Gasteiger partial charge in [0.05, 0.1) is 12.7 Å². The first kappa shape index (κ1) is 12.0. The SMILES string of the molecule is CC(C)C(CO)NCCC1CCCO1. The molecule has 0 bridgehead atoms. The summed E-state index contributed by atoms with van der Waals surface area (Å²) in [5.41, 5.74) is 0. The molecule has 1 aliphatic rings. The fourth-order valence-corrected chi connectivity index (χ4v) is 1.81. The van der Waals surface area contributed by atoms with E-state index in [1.165, 1.54) is 12.8 Å². The second-order valence-corrected chi connectivity index (χ2v) is 4.41. The molecule has 0 saturated carbocycles. The zero-order chi connectivity index (χ0) is 10.4. The summed E-state index contributed by atoms with van der Waals surface area (Å²) in [6.07, 6.45) is 3.93. The maximum atomic E-state index is 9.09. The van der Waals surface area contributed by atoms with Crippen molar-refractivity contribution in [2.24, 2.45) is 5.92 Å². The van der Waals surface area contributed by atoms with Crippen LogP contribution in [0.5, 0.6) is 0 Å². The number of rotatable bonds is 6. The van der Waals surface area contributed by atoms with E-state index in [1.807, 2.05) is 0 Å². The van der Waals surface area contributed by atoms with Gasteiger partial charge in [0, 0.05) is 12.6 Å². The van der Waals surface area contributed by atoms with Crippen molar-refractivity contribution in [2.45, 2.75) is 45.3 Å². The van der Waals surface area contributed by atoms with Gasteiger partial charge in [-0.05, 0) is 31.7 Å². The molecular weight excluding hydrogens is 178 g/mol. The molecule has 14 heavy (non-hydrogen) atoms. The molecule has 3 nitrogen and oxygen atoms in total. The maximum Gasteiger partial charge on any atom is 0.0588 e. The zero-order valence-corrected chi connectivity index (χ0v) is 9.33. The summed E-state index contributed by atoms with van der Waals surface area (Å²) in [4.78, 5) is 0. The van der Waals surface area contributed by atoms with E-state index in [2.05, 4.69) is 19.2 Å². The summed E-state index contributed by atoms with van der Waals surface area (Å²) in [6.45, 7) is 6.36. The summed E-state index contributed by atoms with van der Waals surface area (Å²) in [5, 5.41) is 12.5. The molecule has 1 rings (SSSR count). The standard InChI is InChI=1S/C11H23NO2/c1-9(2)11(8-13)12-6-5-10-4-3-7-14-10/h9-13H,3-8H2,1-2H3. The lowest BCUT2D eigenvalue weighted by molar-refractivity contribution is 0.101. The lowest BCUT2D eigenvalue weighted by Gasteiger charge is -2.20. The molecule has 2 unspecified atom stereocenters. The molecule has 1 aliphatic heterocycles. The van der Waals surface area contributed by atoms with E-state index in [9.17, 15) is 0 Å². The quantitative estimate of drug-likeness (QED) is 0.677. The number of ether oxygens (including phenoxy) is 1. The van der Waals surface area contributed by atoms with Crippen molar-refractivity contribution in [3.05, 3.63) is 0 Å². The minimum atomic E-state index is 0.225. The van der Waals surface area contributed by atoms with Crippen LogP contribution >= 0.6 is 0 Å². The molecule has 0 amide bonds. The van der Waals surface area contributed by atoms with Crippen LogP contribution in [0, 0.1) is 5.92 Å². The van der Waals surface area contributed by atoms with Crippen molar-refractivity contribution in [1.82, 2.24) is 5.32 Å². The van der Waals surface area contributed by atoms with Gasteiger partial charge in [-0.25, -0.2) is 0 Å². The van der Waals surface area contributed by atoms with E-state index in [1.54, 1.807) is 0 Å². The van der Waals surface area contributed by atoms with Crippen LogP contribution in [-0.2, 0) is 4.74 Å². The van der Waals surface area contributed by atoms with E-state index in [-0.39, 0.29) is 12.6 Å². The van der Waals surface area contributed by atoms with Crippen LogP contribution < -0.4 is 5.32 Å². The second-order valence-electron chi connectivity index (χ2n) is 4.41. The van der Waals surface area contributed by atoms with Gasteiger partial charge in [0.1, 0.15) is 0 Å². The topological polar surface area (TPSA) is 41.5 Å². The normalized spacial score (nSPS) is 24.4. The molecule has 2 atom stereocenters. The van der Waals surface area contributed by atoms with Gasteiger partial charge in [-0.2, -0.15) is 0 Å². The Morgan fingerprint density at radius 3 is 2.79 bits per heavy atom. The number of nitrogens with one attached hydrogen (secondary N) is 1. The Hall–Kier alpha value is -0.120. The van der Waals surface area contributed by atoms with E-state index >= 15 is 0 Å². The first-order valence-corrected chi connectivity index (χ1v) is 5.70. The van der Waals surface area contributed by atoms with Gasteiger partial charge in [-0.15, -0.1) is 0 Å². The smallest absolute Gasteiger partial charge is 0.0588 e. The highest BCUT2D eigenvalue weighted by Crippen LogP contribution is 2.14. The van der Waals surface area contributed by atoms with Gasteiger partial charge in [0.25, 0.3) is 0 Å². The van der Waals surface area contributed by atoms with Crippen molar-refractivity contribution in [3.8, 4) is 0 Å². The Morgan fingerprint density at radius 2 is 2.29 bits per heavy atom. The Morgan fingerprint density at radius 1 is 1.50 bits per heavy atom. The first-order valence-electron chi connectivity index (χ1n) is 5.70. The molecule has 0 aromatic heterocycles. The van der Waals surface area contributed by atoms with Crippen LogP contribution in [0.15, 0.2) is 0 Å². The third kappa shape index (κ3) is 3.95. The van der Waals surface area contributed by atoms with Crippen LogP contribution in [-0.4, -0.2) is 37.0 Å². The number of hydrogen-bond donors (Lipinski definition) is 2. The molecular formula is C11H23NO2. The average molecular weight is 201 g/mol. The molecule has 0 spiro atoms. The first-order chi connectivity index (χ1) is 6.74. The van der Waals surface area contributed by atoms with Gasteiger partial charge in [0.15, 0.2) is 0 Å². The van der Waals surface area contributed by atoms with Crippen LogP contribution in [0.1, 0.15) is 33.1 Å². The minimum absolute atomic E-state index is 0.225. The highest BCUT2D eigenvalue weighted by Gasteiger charge is 2.16. The molecule has 1 saturated heterocycles. The van der Waals surface area contributed by atoms with Gasteiger partial charge in [0.2, 0.25) is 0 Å². The third-order valence-electron chi connectivity index (χ3n) is 2.90. The van der Waals surface area contributed by atoms with Crippen LogP contribution in [0.25, 0.3) is 0 Å². The summed E-state index contributed by atoms with van der Waals surface area (Å²) in [5.74, 6) is 0.490. The molecule has 2 N–H and O–H groups in total. The number of aliphatic hydroxyl groups excluding tert-OH is 1. The number of hydrogen-bond acceptors (Lipinski definition) is 3. The van der Waals surface area contributed by atoms with Gasteiger partial charge >= 0.3 is 0 Å². The Bertz CT molecular complexity index is 144. The van der Waals surface area contributed by atoms with Gasteiger partial charge in [-0.1, -0.05) is 13.8 Å². The van der Waals surface area contributed by atoms with Crippen molar-refractivity contribution >= 4 is 0 Å². The van der Waals surface area contributed by atoms with E-state index in [0.717, 1.165) is 19.6 Å². The van der Waals surface area contributed by atoms with Crippen LogP contribution in [0.2, 0.25) is 0 Å². The van der Waals surface area contributed by atoms with E-state index in [4.69, 9.17) is 9.84 Å².